The number of hydrogen-bond acceptors (Lipinski definition) is 2. The molecule has 1 aliphatic rings. The molecule has 0 spiro atoms. The van der Waals surface area contributed by atoms with Crippen LogP contribution in [0.3, 0.4) is 0 Å². The fourth-order valence-corrected chi connectivity index (χ4v) is 2.03. The molecule has 3 atom stereocenters. The maximum Gasteiger partial charge on any atom is 0.0338 e. The highest BCUT2D eigenvalue weighted by atomic mass is 14.7. The van der Waals surface area contributed by atoms with Gasteiger partial charge in [-0.05, 0) is 23.5 Å². The summed E-state index contributed by atoms with van der Waals surface area (Å²) in [6, 6.07) is 8.66. The Morgan fingerprint density at radius 3 is 2.69 bits per heavy atom. The van der Waals surface area contributed by atoms with E-state index < -0.39 is 0 Å². The smallest absolute Gasteiger partial charge is 0.0338 e. The minimum absolute atomic E-state index is 0.111. The Balaban J connectivity index is 2.43. The third-order valence-corrected chi connectivity index (χ3v) is 3.11. The summed E-state index contributed by atoms with van der Waals surface area (Å²) in [4.78, 5) is 0. The summed E-state index contributed by atoms with van der Waals surface area (Å²) in [6.45, 7) is 2.13. The highest BCUT2D eigenvalue weighted by Gasteiger charge is 2.28. The zero-order valence-corrected chi connectivity index (χ0v) is 7.90. The van der Waals surface area contributed by atoms with E-state index in [1.165, 1.54) is 11.1 Å². The third-order valence-electron chi connectivity index (χ3n) is 3.11. The fourth-order valence-electron chi connectivity index (χ4n) is 2.03. The van der Waals surface area contributed by atoms with Gasteiger partial charge in [-0.1, -0.05) is 31.2 Å². The molecular formula is C11H16N2. The van der Waals surface area contributed by atoms with Gasteiger partial charge in [0.05, 0.1) is 0 Å². The van der Waals surface area contributed by atoms with Gasteiger partial charge in [0.2, 0.25) is 0 Å². The molecular weight excluding hydrogens is 160 g/mol. The van der Waals surface area contributed by atoms with Crippen LogP contribution in [0.25, 0.3) is 0 Å². The summed E-state index contributed by atoms with van der Waals surface area (Å²) in [7, 11) is 0. The standard InChI is InChI=1S/C11H16N2/c1-7-10(12)6-8-4-2-3-5-9(8)11(7)13/h2-5,7,10-11H,6,12-13H2,1H3. The van der Waals surface area contributed by atoms with Crippen LogP contribution >= 0.6 is 0 Å². The number of benzene rings is 1. The van der Waals surface area contributed by atoms with Gasteiger partial charge in [-0.25, -0.2) is 0 Å². The minimum atomic E-state index is 0.111. The summed E-state index contributed by atoms with van der Waals surface area (Å²) in [5.41, 5.74) is 14.7. The summed E-state index contributed by atoms with van der Waals surface area (Å²) in [6.07, 6.45) is 0.963. The van der Waals surface area contributed by atoms with E-state index in [2.05, 4.69) is 19.1 Å². The average Bonchev–Trinajstić information content (AvgIpc) is 2.15. The Morgan fingerprint density at radius 2 is 1.92 bits per heavy atom. The molecule has 0 saturated heterocycles. The molecule has 1 aromatic rings. The van der Waals surface area contributed by atoms with E-state index in [0.29, 0.717) is 5.92 Å². The van der Waals surface area contributed by atoms with E-state index in [-0.39, 0.29) is 12.1 Å². The van der Waals surface area contributed by atoms with Gasteiger partial charge in [0.15, 0.2) is 0 Å². The van der Waals surface area contributed by atoms with E-state index in [4.69, 9.17) is 11.5 Å². The first-order chi connectivity index (χ1) is 6.20. The van der Waals surface area contributed by atoms with Crippen molar-refractivity contribution < 1.29 is 0 Å². The Hall–Kier alpha value is -0.860. The van der Waals surface area contributed by atoms with Crippen LogP contribution < -0.4 is 11.5 Å². The first kappa shape index (κ1) is 8.73. The van der Waals surface area contributed by atoms with Gasteiger partial charge in [0, 0.05) is 12.1 Å². The van der Waals surface area contributed by atoms with Crippen LogP contribution in [0.5, 0.6) is 0 Å². The van der Waals surface area contributed by atoms with Crippen molar-refractivity contribution in [3.05, 3.63) is 35.4 Å². The lowest BCUT2D eigenvalue weighted by Gasteiger charge is -2.33. The van der Waals surface area contributed by atoms with E-state index in [1.54, 1.807) is 0 Å². The summed E-state index contributed by atoms with van der Waals surface area (Å²) in [5, 5.41) is 0. The molecule has 0 fully saturated rings. The van der Waals surface area contributed by atoms with E-state index in [9.17, 15) is 0 Å². The molecule has 0 heterocycles. The minimum Gasteiger partial charge on any atom is -0.327 e. The summed E-state index contributed by atoms with van der Waals surface area (Å²) < 4.78 is 0. The molecule has 13 heavy (non-hydrogen) atoms. The maximum atomic E-state index is 6.10. The first-order valence-electron chi connectivity index (χ1n) is 4.79. The molecule has 0 aliphatic heterocycles. The van der Waals surface area contributed by atoms with E-state index in [0.717, 1.165) is 6.42 Å². The number of hydrogen-bond donors (Lipinski definition) is 2. The lowest BCUT2D eigenvalue weighted by molar-refractivity contribution is 0.357. The van der Waals surface area contributed by atoms with Gasteiger partial charge >= 0.3 is 0 Å². The highest BCUT2D eigenvalue weighted by Crippen LogP contribution is 2.31. The van der Waals surface area contributed by atoms with Crippen LogP contribution in [-0.2, 0) is 6.42 Å². The predicted octanol–water partition coefficient (Wildman–Crippen LogP) is 1.21. The summed E-state index contributed by atoms with van der Waals surface area (Å²) in [5.74, 6) is 0.384. The zero-order valence-electron chi connectivity index (χ0n) is 7.90. The van der Waals surface area contributed by atoms with Gasteiger partial charge < -0.3 is 11.5 Å². The molecule has 0 amide bonds. The Labute approximate surface area is 78.9 Å². The van der Waals surface area contributed by atoms with Gasteiger partial charge in [-0.15, -0.1) is 0 Å². The second-order valence-electron chi connectivity index (χ2n) is 3.95. The summed E-state index contributed by atoms with van der Waals surface area (Å²) >= 11 is 0. The third kappa shape index (κ3) is 1.36. The number of fused-ring (bicyclic) bond motifs is 1. The van der Waals surface area contributed by atoms with Crippen LogP contribution in [0.2, 0.25) is 0 Å². The predicted molar refractivity (Wildman–Crippen MR) is 54.2 cm³/mol. The molecule has 70 valence electrons. The van der Waals surface area contributed by atoms with Crippen LogP contribution in [0.4, 0.5) is 0 Å². The van der Waals surface area contributed by atoms with Gasteiger partial charge in [0.1, 0.15) is 0 Å². The maximum absolute atomic E-state index is 6.10. The number of nitrogens with two attached hydrogens (primary N) is 2. The molecule has 3 unspecified atom stereocenters. The normalized spacial score (nSPS) is 32.7. The van der Waals surface area contributed by atoms with Crippen molar-refractivity contribution in [3.8, 4) is 0 Å². The van der Waals surface area contributed by atoms with Gasteiger partial charge in [0.25, 0.3) is 0 Å². The molecule has 2 rings (SSSR count). The molecule has 1 aromatic carbocycles. The van der Waals surface area contributed by atoms with Crippen LogP contribution in [0.1, 0.15) is 24.1 Å². The first-order valence-corrected chi connectivity index (χ1v) is 4.79. The monoisotopic (exact) mass is 176 g/mol. The van der Waals surface area contributed by atoms with Crippen molar-refractivity contribution in [1.29, 1.82) is 0 Å². The lowest BCUT2D eigenvalue weighted by Crippen LogP contribution is -2.41. The molecule has 0 saturated carbocycles. The van der Waals surface area contributed by atoms with Crippen molar-refractivity contribution in [3.63, 3.8) is 0 Å². The molecule has 0 radical (unpaired) electrons. The van der Waals surface area contributed by atoms with Crippen molar-refractivity contribution in [2.45, 2.75) is 25.4 Å². The molecule has 2 heteroatoms. The van der Waals surface area contributed by atoms with Crippen molar-refractivity contribution in [2.75, 3.05) is 0 Å². The molecule has 0 aromatic heterocycles. The largest absolute Gasteiger partial charge is 0.327 e. The molecule has 0 bridgehead atoms. The van der Waals surface area contributed by atoms with Crippen LogP contribution in [0, 0.1) is 5.92 Å². The molecule has 4 N–H and O–H groups in total. The topological polar surface area (TPSA) is 52.0 Å². The van der Waals surface area contributed by atoms with Gasteiger partial charge in [-0.3, -0.25) is 0 Å². The van der Waals surface area contributed by atoms with Crippen LogP contribution in [0.15, 0.2) is 24.3 Å². The van der Waals surface area contributed by atoms with Crippen molar-refractivity contribution in [2.24, 2.45) is 17.4 Å². The lowest BCUT2D eigenvalue weighted by atomic mass is 9.78. The van der Waals surface area contributed by atoms with Crippen LogP contribution in [-0.4, -0.2) is 6.04 Å². The van der Waals surface area contributed by atoms with Crippen molar-refractivity contribution in [1.82, 2.24) is 0 Å². The average molecular weight is 176 g/mol. The quantitative estimate of drug-likeness (QED) is 0.624. The fraction of sp³-hybridized carbons (Fsp3) is 0.455. The molecule has 2 nitrogen and oxygen atoms in total. The van der Waals surface area contributed by atoms with Crippen molar-refractivity contribution >= 4 is 0 Å². The number of rotatable bonds is 0. The Kier molecular flexibility index (Phi) is 2.10. The Bertz CT molecular complexity index is 309. The van der Waals surface area contributed by atoms with Gasteiger partial charge in [-0.2, -0.15) is 0 Å². The second-order valence-corrected chi connectivity index (χ2v) is 3.95. The SMILES string of the molecule is CC1C(N)Cc2ccccc2C1N. The second kappa shape index (κ2) is 3.13. The van der Waals surface area contributed by atoms with E-state index in [1.807, 2.05) is 12.1 Å². The van der Waals surface area contributed by atoms with E-state index >= 15 is 0 Å². The Morgan fingerprint density at radius 1 is 1.23 bits per heavy atom. The molecule has 1 aliphatic carbocycles. The zero-order chi connectivity index (χ0) is 9.42. The highest BCUT2D eigenvalue weighted by molar-refractivity contribution is 5.33.